The molecule has 0 aliphatic carbocycles. The summed E-state index contributed by atoms with van der Waals surface area (Å²) < 4.78 is 22.4. The summed E-state index contributed by atoms with van der Waals surface area (Å²) in [6.45, 7) is 4.38. The summed E-state index contributed by atoms with van der Waals surface area (Å²) in [5.74, 6) is -0.656. The average molecular weight is 549 g/mol. The highest BCUT2D eigenvalue weighted by atomic mass is 79.9. The van der Waals surface area contributed by atoms with Gasteiger partial charge in [0.1, 0.15) is 0 Å². The SMILES string of the molecule is CCOC(=O)C1=CN(Cc2ccc(Cl)cc2)C=C(C(=O)OCC)C1c1cc2c(cc1Br)OCO2. The Balaban J connectivity index is 1.81. The minimum absolute atomic E-state index is 0.103. The summed E-state index contributed by atoms with van der Waals surface area (Å²) in [5.41, 5.74) is 2.22. The molecule has 2 aromatic rings. The first-order chi connectivity index (χ1) is 16.4. The van der Waals surface area contributed by atoms with E-state index in [9.17, 15) is 9.59 Å². The zero-order valence-electron chi connectivity index (χ0n) is 18.7. The Kier molecular flexibility index (Phi) is 7.48. The van der Waals surface area contributed by atoms with Crippen LogP contribution < -0.4 is 9.47 Å². The van der Waals surface area contributed by atoms with Gasteiger partial charge in [-0.25, -0.2) is 9.59 Å². The predicted octanol–water partition coefficient (Wildman–Crippen LogP) is 5.32. The van der Waals surface area contributed by atoms with Gasteiger partial charge in [-0.1, -0.05) is 39.7 Å². The number of carbonyl (C=O) groups excluding carboxylic acids is 2. The molecule has 0 saturated carbocycles. The second-order valence-corrected chi connectivity index (χ2v) is 8.86. The number of rotatable bonds is 7. The molecule has 7 nitrogen and oxygen atoms in total. The van der Waals surface area contributed by atoms with Crippen molar-refractivity contribution in [1.29, 1.82) is 0 Å². The van der Waals surface area contributed by atoms with Gasteiger partial charge in [-0.15, -0.1) is 0 Å². The summed E-state index contributed by atoms with van der Waals surface area (Å²) in [6.07, 6.45) is 3.41. The molecule has 0 bridgehead atoms. The molecule has 2 aromatic carbocycles. The molecule has 2 aliphatic rings. The second-order valence-electron chi connectivity index (χ2n) is 7.57. The molecule has 0 N–H and O–H groups in total. The third kappa shape index (κ3) is 5.08. The lowest BCUT2D eigenvalue weighted by Crippen LogP contribution is -2.29. The van der Waals surface area contributed by atoms with Crippen LogP contribution in [0.25, 0.3) is 0 Å². The van der Waals surface area contributed by atoms with Gasteiger partial charge in [0.05, 0.1) is 30.3 Å². The molecule has 0 unspecified atom stereocenters. The van der Waals surface area contributed by atoms with Crippen molar-refractivity contribution in [2.45, 2.75) is 26.3 Å². The molecule has 0 fully saturated rings. The monoisotopic (exact) mass is 547 g/mol. The topological polar surface area (TPSA) is 74.3 Å². The van der Waals surface area contributed by atoms with Crippen LogP contribution in [0.15, 0.2) is 64.4 Å². The number of fused-ring (bicyclic) bond motifs is 1. The van der Waals surface area contributed by atoms with Crippen molar-refractivity contribution in [3.63, 3.8) is 0 Å². The molecule has 0 amide bonds. The molecule has 9 heteroatoms. The highest BCUT2D eigenvalue weighted by Crippen LogP contribution is 2.45. The van der Waals surface area contributed by atoms with E-state index in [-0.39, 0.29) is 20.0 Å². The van der Waals surface area contributed by atoms with Crippen LogP contribution >= 0.6 is 27.5 Å². The fourth-order valence-corrected chi connectivity index (χ4v) is 4.54. The largest absolute Gasteiger partial charge is 0.463 e. The summed E-state index contributed by atoms with van der Waals surface area (Å²) in [7, 11) is 0. The van der Waals surface area contributed by atoms with E-state index in [1.165, 1.54) is 0 Å². The van der Waals surface area contributed by atoms with Crippen LogP contribution in [0.2, 0.25) is 5.02 Å². The maximum absolute atomic E-state index is 13.1. The highest BCUT2D eigenvalue weighted by Gasteiger charge is 2.37. The van der Waals surface area contributed by atoms with E-state index in [2.05, 4.69) is 15.9 Å². The van der Waals surface area contributed by atoms with Crippen LogP contribution in [-0.4, -0.2) is 36.8 Å². The Morgan fingerprint density at radius 3 is 2.12 bits per heavy atom. The molecule has 34 heavy (non-hydrogen) atoms. The van der Waals surface area contributed by atoms with Crippen molar-refractivity contribution >= 4 is 39.5 Å². The summed E-state index contributed by atoms with van der Waals surface area (Å²) in [4.78, 5) is 28.0. The van der Waals surface area contributed by atoms with Crippen LogP contribution in [0.3, 0.4) is 0 Å². The zero-order valence-corrected chi connectivity index (χ0v) is 21.0. The average Bonchev–Trinajstić information content (AvgIpc) is 3.27. The molecular formula is C25H23BrClNO6. The van der Waals surface area contributed by atoms with Gasteiger partial charge >= 0.3 is 11.9 Å². The standard InChI is InChI=1S/C25H23BrClNO6/c1-3-31-24(29)18-12-28(11-15-5-7-16(27)8-6-15)13-19(25(30)32-4-2)23(18)17-9-21-22(10-20(17)26)34-14-33-21/h5-10,12-13,23H,3-4,11,14H2,1-2H3. The number of ether oxygens (including phenoxy) is 4. The van der Waals surface area contributed by atoms with Gasteiger partial charge in [-0.05, 0) is 49.2 Å². The van der Waals surface area contributed by atoms with E-state index in [1.54, 1.807) is 55.4 Å². The van der Waals surface area contributed by atoms with E-state index >= 15 is 0 Å². The molecule has 0 spiro atoms. The zero-order chi connectivity index (χ0) is 24.2. The van der Waals surface area contributed by atoms with Crippen molar-refractivity contribution in [3.8, 4) is 11.5 Å². The molecule has 178 valence electrons. The lowest BCUT2D eigenvalue weighted by molar-refractivity contribution is -0.139. The smallest absolute Gasteiger partial charge is 0.336 e. The Labute approximate surface area is 211 Å². The number of carbonyl (C=O) groups is 2. The summed E-state index contributed by atoms with van der Waals surface area (Å²) in [6, 6.07) is 10.9. The van der Waals surface area contributed by atoms with E-state index in [1.807, 2.05) is 12.1 Å². The van der Waals surface area contributed by atoms with Crippen molar-refractivity contribution in [3.05, 3.63) is 80.6 Å². The number of hydrogen-bond donors (Lipinski definition) is 0. The third-order valence-corrected chi connectivity index (χ3v) is 6.27. The van der Waals surface area contributed by atoms with Crippen molar-refractivity contribution < 1.29 is 28.5 Å². The van der Waals surface area contributed by atoms with Crippen LogP contribution in [0, 0.1) is 0 Å². The molecule has 0 saturated heterocycles. The molecule has 0 atom stereocenters. The van der Waals surface area contributed by atoms with Gasteiger partial charge in [-0.3, -0.25) is 0 Å². The minimum atomic E-state index is -0.733. The van der Waals surface area contributed by atoms with Crippen LogP contribution in [0.4, 0.5) is 0 Å². The maximum Gasteiger partial charge on any atom is 0.336 e. The number of esters is 2. The fourth-order valence-electron chi connectivity index (χ4n) is 3.86. The normalized spacial score (nSPS) is 15.0. The van der Waals surface area contributed by atoms with Gasteiger partial charge in [0.25, 0.3) is 0 Å². The molecular weight excluding hydrogens is 526 g/mol. The summed E-state index contributed by atoms with van der Waals surface area (Å²) >= 11 is 9.58. The Morgan fingerprint density at radius 1 is 1.00 bits per heavy atom. The highest BCUT2D eigenvalue weighted by molar-refractivity contribution is 9.10. The first-order valence-electron chi connectivity index (χ1n) is 10.8. The first kappa shape index (κ1) is 24.2. The van der Waals surface area contributed by atoms with Crippen LogP contribution in [0.5, 0.6) is 11.5 Å². The van der Waals surface area contributed by atoms with E-state index in [4.69, 9.17) is 30.5 Å². The van der Waals surface area contributed by atoms with E-state index < -0.39 is 17.9 Å². The maximum atomic E-state index is 13.1. The number of halogens is 2. The quantitative estimate of drug-likeness (QED) is 0.433. The van der Waals surface area contributed by atoms with Crippen molar-refractivity contribution in [1.82, 2.24) is 4.90 Å². The van der Waals surface area contributed by atoms with E-state index in [0.29, 0.717) is 44.2 Å². The lowest BCUT2D eigenvalue weighted by atomic mass is 9.83. The van der Waals surface area contributed by atoms with Crippen molar-refractivity contribution in [2.75, 3.05) is 20.0 Å². The summed E-state index contributed by atoms with van der Waals surface area (Å²) in [5, 5.41) is 0.626. The third-order valence-electron chi connectivity index (χ3n) is 5.34. The van der Waals surface area contributed by atoms with Gasteiger partial charge in [0.15, 0.2) is 11.5 Å². The number of nitrogens with zero attached hydrogens (tertiary/aromatic N) is 1. The number of benzene rings is 2. The molecule has 4 rings (SSSR count). The minimum Gasteiger partial charge on any atom is -0.463 e. The van der Waals surface area contributed by atoms with Gasteiger partial charge in [-0.2, -0.15) is 0 Å². The van der Waals surface area contributed by atoms with Gasteiger partial charge in [0, 0.05) is 28.4 Å². The Hall–Kier alpha value is -2.97. The van der Waals surface area contributed by atoms with Gasteiger partial charge < -0.3 is 23.8 Å². The predicted molar refractivity (Wildman–Crippen MR) is 129 cm³/mol. The van der Waals surface area contributed by atoms with E-state index in [0.717, 1.165) is 5.56 Å². The molecule has 0 aromatic heterocycles. The Morgan fingerprint density at radius 2 is 1.56 bits per heavy atom. The molecule has 2 aliphatic heterocycles. The van der Waals surface area contributed by atoms with Crippen molar-refractivity contribution in [2.24, 2.45) is 0 Å². The first-order valence-corrected chi connectivity index (χ1v) is 11.9. The lowest BCUT2D eigenvalue weighted by Gasteiger charge is -2.31. The van der Waals surface area contributed by atoms with Crippen LogP contribution in [0.1, 0.15) is 30.9 Å². The van der Waals surface area contributed by atoms with Crippen LogP contribution in [-0.2, 0) is 25.6 Å². The van der Waals surface area contributed by atoms with Gasteiger partial charge in [0.2, 0.25) is 6.79 Å². The fraction of sp³-hybridized carbons (Fsp3) is 0.280. The Bertz CT molecular complexity index is 1120. The molecule has 0 radical (unpaired) electrons. The molecule has 2 heterocycles. The number of hydrogen-bond acceptors (Lipinski definition) is 7. The second kappa shape index (κ2) is 10.5.